The van der Waals surface area contributed by atoms with Crippen molar-refractivity contribution < 1.29 is 9.15 Å². The zero-order valence-corrected chi connectivity index (χ0v) is 13.5. The van der Waals surface area contributed by atoms with E-state index in [4.69, 9.17) is 9.15 Å². The number of rotatable bonds is 6. The summed E-state index contributed by atoms with van der Waals surface area (Å²) in [5.41, 5.74) is 2.98. The lowest BCUT2D eigenvalue weighted by Gasteiger charge is -2.04. The molecule has 25 heavy (non-hydrogen) atoms. The highest BCUT2D eigenvalue weighted by Crippen LogP contribution is 2.22. The summed E-state index contributed by atoms with van der Waals surface area (Å²) in [5.74, 6) is 2.33. The Labute approximate surface area is 145 Å². The molecule has 2 N–H and O–H groups in total. The minimum atomic E-state index is 0.405. The Morgan fingerprint density at radius 3 is 2.56 bits per heavy atom. The molecule has 5 nitrogen and oxygen atoms in total. The van der Waals surface area contributed by atoms with Crippen molar-refractivity contribution in [2.45, 2.75) is 6.61 Å². The van der Waals surface area contributed by atoms with Crippen LogP contribution in [-0.2, 0) is 6.61 Å². The molecule has 0 saturated heterocycles. The molecular formula is C20H17N3O2. The lowest BCUT2D eigenvalue weighted by Crippen LogP contribution is -1.97. The van der Waals surface area contributed by atoms with E-state index >= 15 is 0 Å². The van der Waals surface area contributed by atoms with Crippen molar-refractivity contribution in [3.8, 4) is 17.0 Å². The number of nitrogens with one attached hydrogen (secondary N) is 2. The largest absolute Gasteiger partial charge is 0.486 e. The Kier molecular flexibility index (Phi) is 4.20. The van der Waals surface area contributed by atoms with Gasteiger partial charge in [-0.05, 0) is 35.9 Å². The predicted molar refractivity (Wildman–Crippen MR) is 96.8 cm³/mol. The monoisotopic (exact) mass is 331 g/mol. The Morgan fingerprint density at radius 1 is 0.960 bits per heavy atom. The number of furan rings is 1. The molecule has 0 fully saturated rings. The van der Waals surface area contributed by atoms with Crippen molar-refractivity contribution in [1.82, 2.24) is 9.97 Å². The maximum Gasteiger partial charge on any atom is 0.196 e. The quantitative estimate of drug-likeness (QED) is 0.522. The van der Waals surface area contributed by atoms with Crippen LogP contribution in [0.15, 0.2) is 83.6 Å². The van der Waals surface area contributed by atoms with Crippen LogP contribution in [0, 0.1) is 0 Å². The van der Waals surface area contributed by atoms with Crippen molar-refractivity contribution in [1.29, 1.82) is 0 Å². The summed E-state index contributed by atoms with van der Waals surface area (Å²) in [6.45, 7) is 0.405. The molecule has 5 heteroatoms. The van der Waals surface area contributed by atoms with E-state index in [-0.39, 0.29) is 0 Å². The number of aromatic nitrogens is 2. The molecule has 0 unspecified atom stereocenters. The number of imidazole rings is 1. The molecule has 124 valence electrons. The lowest BCUT2D eigenvalue weighted by atomic mass is 10.1. The number of anilines is 2. The first-order valence-electron chi connectivity index (χ1n) is 7.99. The fourth-order valence-corrected chi connectivity index (χ4v) is 2.48. The number of H-pyrrole nitrogens is 1. The highest BCUT2D eigenvalue weighted by Gasteiger charge is 2.05. The SMILES string of the molecule is c1ccc(OCc2ncc(-c3ccc(Nc4ccco4)cc3)[nH]2)cc1. The van der Waals surface area contributed by atoms with E-state index in [2.05, 4.69) is 15.3 Å². The summed E-state index contributed by atoms with van der Waals surface area (Å²) >= 11 is 0. The molecule has 0 aliphatic carbocycles. The highest BCUT2D eigenvalue weighted by molar-refractivity contribution is 5.64. The first-order valence-corrected chi connectivity index (χ1v) is 7.99. The molecule has 0 radical (unpaired) electrons. The van der Waals surface area contributed by atoms with Gasteiger partial charge in [0.15, 0.2) is 5.88 Å². The Balaban J connectivity index is 1.41. The number of ether oxygens (including phenoxy) is 1. The van der Waals surface area contributed by atoms with Gasteiger partial charge in [-0.25, -0.2) is 4.98 Å². The minimum Gasteiger partial charge on any atom is -0.486 e. The van der Waals surface area contributed by atoms with Crippen molar-refractivity contribution in [3.05, 3.63) is 85.0 Å². The average Bonchev–Trinajstić information content (AvgIpc) is 3.34. The highest BCUT2D eigenvalue weighted by atomic mass is 16.5. The topological polar surface area (TPSA) is 63.1 Å². The van der Waals surface area contributed by atoms with E-state index in [9.17, 15) is 0 Å². The van der Waals surface area contributed by atoms with E-state index in [1.807, 2.05) is 72.9 Å². The van der Waals surface area contributed by atoms with Gasteiger partial charge in [0, 0.05) is 11.8 Å². The molecule has 0 saturated carbocycles. The molecule has 0 aliphatic rings. The molecule has 0 aliphatic heterocycles. The zero-order chi connectivity index (χ0) is 16.9. The van der Waals surface area contributed by atoms with Gasteiger partial charge in [0.2, 0.25) is 0 Å². The molecule has 2 aromatic carbocycles. The van der Waals surface area contributed by atoms with Crippen LogP contribution in [0.5, 0.6) is 5.75 Å². The van der Waals surface area contributed by atoms with Crippen LogP contribution in [0.25, 0.3) is 11.3 Å². The molecule has 0 spiro atoms. The van der Waals surface area contributed by atoms with Gasteiger partial charge < -0.3 is 19.5 Å². The van der Waals surface area contributed by atoms with Gasteiger partial charge in [-0.15, -0.1) is 0 Å². The standard InChI is InChI=1S/C20H17N3O2/c1-2-5-17(6-3-1)25-14-19-21-13-18(23-19)15-8-10-16(11-9-15)22-20-7-4-12-24-20/h1-13,22H,14H2,(H,21,23). The van der Waals surface area contributed by atoms with E-state index in [1.54, 1.807) is 6.26 Å². The van der Waals surface area contributed by atoms with Crippen molar-refractivity contribution in [2.24, 2.45) is 0 Å². The summed E-state index contributed by atoms with van der Waals surface area (Å²) < 4.78 is 11.0. The van der Waals surface area contributed by atoms with Gasteiger partial charge in [-0.2, -0.15) is 0 Å². The smallest absolute Gasteiger partial charge is 0.196 e. The number of benzene rings is 2. The number of para-hydroxylation sites is 1. The van der Waals surface area contributed by atoms with Gasteiger partial charge >= 0.3 is 0 Å². The number of nitrogens with zero attached hydrogens (tertiary/aromatic N) is 1. The molecule has 4 aromatic rings. The summed E-state index contributed by atoms with van der Waals surface area (Å²) in [6, 6.07) is 21.5. The van der Waals surface area contributed by atoms with E-state index < -0.39 is 0 Å². The Bertz CT molecular complexity index is 913. The van der Waals surface area contributed by atoms with Crippen LogP contribution in [0.4, 0.5) is 11.6 Å². The van der Waals surface area contributed by atoms with E-state index in [0.29, 0.717) is 6.61 Å². The maximum atomic E-state index is 5.70. The fourth-order valence-electron chi connectivity index (χ4n) is 2.48. The van der Waals surface area contributed by atoms with E-state index in [0.717, 1.165) is 34.4 Å². The van der Waals surface area contributed by atoms with Gasteiger partial charge in [0.25, 0.3) is 0 Å². The lowest BCUT2D eigenvalue weighted by molar-refractivity contribution is 0.297. The molecule has 2 aromatic heterocycles. The molecule has 0 amide bonds. The fraction of sp³-hybridized carbons (Fsp3) is 0.0500. The molecule has 2 heterocycles. The van der Waals surface area contributed by atoms with Crippen molar-refractivity contribution in [3.63, 3.8) is 0 Å². The molecule has 0 bridgehead atoms. The molecule has 4 rings (SSSR count). The molecule has 0 atom stereocenters. The van der Waals surface area contributed by atoms with Crippen LogP contribution < -0.4 is 10.1 Å². The first-order chi connectivity index (χ1) is 12.4. The molecular weight excluding hydrogens is 314 g/mol. The van der Waals surface area contributed by atoms with Crippen molar-refractivity contribution in [2.75, 3.05) is 5.32 Å². The van der Waals surface area contributed by atoms with Gasteiger partial charge in [0.05, 0.1) is 18.2 Å². The van der Waals surface area contributed by atoms with Crippen LogP contribution >= 0.6 is 0 Å². The second-order valence-corrected chi connectivity index (χ2v) is 5.52. The van der Waals surface area contributed by atoms with Gasteiger partial charge in [-0.3, -0.25) is 0 Å². The average molecular weight is 331 g/mol. The van der Waals surface area contributed by atoms with Crippen LogP contribution in [0.2, 0.25) is 0 Å². The third kappa shape index (κ3) is 3.72. The maximum absolute atomic E-state index is 5.70. The van der Waals surface area contributed by atoms with Crippen LogP contribution in [0.3, 0.4) is 0 Å². The minimum absolute atomic E-state index is 0.405. The normalized spacial score (nSPS) is 10.6. The number of hydrogen-bond donors (Lipinski definition) is 2. The summed E-state index contributed by atoms with van der Waals surface area (Å²) in [4.78, 5) is 7.67. The second-order valence-electron chi connectivity index (χ2n) is 5.52. The zero-order valence-electron chi connectivity index (χ0n) is 13.5. The number of hydrogen-bond acceptors (Lipinski definition) is 4. The summed E-state index contributed by atoms with van der Waals surface area (Å²) in [6.07, 6.45) is 3.46. The Morgan fingerprint density at radius 2 is 1.80 bits per heavy atom. The second kappa shape index (κ2) is 6.97. The van der Waals surface area contributed by atoms with Crippen LogP contribution in [0.1, 0.15) is 5.82 Å². The van der Waals surface area contributed by atoms with Crippen molar-refractivity contribution >= 4 is 11.6 Å². The number of aromatic amines is 1. The predicted octanol–water partition coefficient (Wildman–Crippen LogP) is 4.99. The third-order valence-electron chi connectivity index (χ3n) is 3.73. The summed E-state index contributed by atoms with van der Waals surface area (Å²) in [5, 5.41) is 3.19. The van der Waals surface area contributed by atoms with E-state index in [1.165, 1.54) is 0 Å². The first kappa shape index (κ1) is 15.1. The van der Waals surface area contributed by atoms with Gasteiger partial charge in [-0.1, -0.05) is 30.3 Å². The summed E-state index contributed by atoms with van der Waals surface area (Å²) in [7, 11) is 0. The Hall–Kier alpha value is -3.47. The van der Waals surface area contributed by atoms with Crippen LogP contribution in [-0.4, -0.2) is 9.97 Å². The third-order valence-corrected chi connectivity index (χ3v) is 3.73. The van der Waals surface area contributed by atoms with Gasteiger partial charge in [0.1, 0.15) is 18.2 Å².